The summed E-state index contributed by atoms with van der Waals surface area (Å²) in [6.07, 6.45) is -4.44. The minimum Gasteiger partial charge on any atom is -0.497 e. The van der Waals surface area contributed by atoms with Crippen molar-refractivity contribution in [2.24, 2.45) is 0 Å². The number of benzene rings is 2. The summed E-state index contributed by atoms with van der Waals surface area (Å²) < 4.78 is 43.2. The quantitative estimate of drug-likeness (QED) is 0.781. The first-order valence-electron chi connectivity index (χ1n) is 7.08. The first-order valence-corrected chi connectivity index (χ1v) is 7.96. The largest absolute Gasteiger partial charge is 0.497 e. The molecule has 0 fully saturated rings. The molecule has 0 heterocycles. The fourth-order valence-electron chi connectivity index (χ4n) is 1.95. The van der Waals surface area contributed by atoms with Crippen LogP contribution in [0.25, 0.3) is 0 Å². The number of carbonyl (C=O) groups is 1. The number of thioether (sulfide) groups is 1. The van der Waals surface area contributed by atoms with E-state index < -0.39 is 17.0 Å². The molecule has 24 heavy (non-hydrogen) atoms. The molecule has 0 radical (unpaired) electrons. The fraction of sp³-hybridized carbons (Fsp3) is 0.235. The predicted molar refractivity (Wildman–Crippen MR) is 88.4 cm³/mol. The Bertz CT molecular complexity index is 719. The lowest BCUT2D eigenvalue weighted by Gasteiger charge is -2.14. The van der Waals surface area contributed by atoms with Crippen molar-refractivity contribution >= 4 is 23.4 Å². The lowest BCUT2D eigenvalue weighted by Crippen LogP contribution is -2.22. The van der Waals surface area contributed by atoms with Crippen LogP contribution < -0.4 is 10.1 Å². The van der Waals surface area contributed by atoms with Crippen LogP contribution in [-0.4, -0.2) is 18.3 Å². The van der Waals surface area contributed by atoms with Gasteiger partial charge in [0.2, 0.25) is 5.91 Å². The monoisotopic (exact) mass is 355 g/mol. The molecule has 1 atom stereocenters. The van der Waals surface area contributed by atoms with E-state index in [1.807, 2.05) is 6.07 Å². The van der Waals surface area contributed by atoms with E-state index in [0.717, 1.165) is 17.0 Å². The molecule has 2 aromatic rings. The number of hydrogen-bond donors (Lipinski definition) is 1. The summed E-state index contributed by atoms with van der Waals surface area (Å²) in [4.78, 5) is 13.0. The van der Waals surface area contributed by atoms with E-state index in [9.17, 15) is 18.0 Å². The van der Waals surface area contributed by atoms with Crippen molar-refractivity contribution in [3.8, 4) is 5.75 Å². The van der Waals surface area contributed by atoms with Gasteiger partial charge in [0, 0.05) is 10.6 Å². The molecule has 2 rings (SSSR count). The minimum atomic E-state index is -4.44. The maximum absolute atomic E-state index is 12.7. The van der Waals surface area contributed by atoms with E-state index in [1.54, 1.807) is 32.2 Å². The van der Waals surface area contributed by atoms with E-state index in [-0.39, 0.29) is 11.6 Å². The Hall–Kier alpha value is -2.15. The van der Waals surface area contributed by atoms with Gasteiger partial charge in [-0.1, -0.05) is 12.1 Å². The second-order valence-electron chi connectivity index (χ2n) is 5.01. The Morgan fingerprint density at radius 3 is 2.54 bits per heavy atom. The molecule has 1 unspecified atom stereocenters. The van der Waals surface area contributed by atoms with Crippen LogP contribution in [0.1, 0.15) is 12.5 Å². The Morgan fingerprint density at radius 2 is 1.88 bits per heavy atom. The van der Waals surface area contributed by atoms with Crippen LogP contribution in [0, 0.1) is 0 Å². The van der Waals surface area contributed by atoms with Crippen LogP contribution in [0.4, 0.5) is 18.9 Å². The summed E-state index contributed by atoms with van der Waals surface area (Å²) in [7, 11) is 1.55. The third-order valence-electron chi connectivity index (χ3n) is 3.18. The topological polar surface area (TPSA) is 38.3 Å². The highest BCUT2D eigenvalue weighted by molar-refractivity contribution is 8.00. The number of nitrogens with one attached hydrogen (secondary N) is 1. The predicted octanol–water partition coefficient (Wildman–Crippen LogP) is 4.83. The van der Waals surface area contributed by atoms with Gasteiger partial charge in [-0.2, -0.15) is 13.2 Å². The maximum atomic E-state index is 12.7. The molecule has 128 valence electrons. The van der Waals surface area contributed by atoms with E-state index in [0.29, 0.717) is 5.75 Å². The lowest BCUT2D eigenvalue weighted by atomic mass is 10.2. The highest BCUT2D eigenvalue weighted by Crippen LogP contribution is 2.31. The van der Waals surface area contributed by atoms with Crippen molar-refractivity contribution in [2.75, 3.05) is 12.4 Å². The zero-order chi connectivity index (χ0) is 17.7. The van der Waals surface area contributed by atoms with Gasteiger partial charge < -0.3 is 10.1 Å². The normalized spacial score (nSPS) is 12.5. The molecule has 3 nitrogen and oxygen atoms in total. The number of anilines is 1. The average Bonchev–Trinajstić information content (AvgIpc) is 2.54. The zero-order valence-corrected chi connectivity index (χ0v) is 13.9. The number of amides is 1. The van der Waals surface area contributed by atoms with Crippen LogP contribution in [0.2, 0.25) is 0 Å². The van der Waals surface area contributed by atoms with Crippen LogP contribution in [-0.2, 0) is 11.0 Å². The maximum Gasteiger partial charge on any atom is 0.416 e. The van der Waals surface area contributed by atoms with Gasteiger partial charge in [0.1, 0.15) is 5.75 Å². The first-order chi connectivity index (χ1) is 11.3. The SMILES string of the molecule is COc1cccc(SC(C)C(=O)Nc2cccc(C(F)(F)F)c2)c1. The van der Waals surface area contributed by atoms with Gasteiger partial charge in [0.25, 0.3) is 0 Å². The second kappa shape index (κ2) is 7.61. The fourth-order valence-corrected chi connectivity index (χ4v) is 2.86. The number of methoxy groups -OCH3 is 1. The van der Waals surface area contributed by atoms with Gasteiger partial charge in [-0.3, -0.25) is 4.79 Å². The van der Waals surface area contributed by atoms with Gasteiger partial charge in [0.05, 0.1) is 17.9 Å². The average molecular weight is 355 g/mol. The van der Waals surface area contributed by atoms with Crippen LogP contribution in [0.5, 0.6) is 5.75 Å². The number of rotatable bonds is 5. The molecule has 1 N–H and O–H groups in total. The molecular formula is C17H16F3NO2S. The van der Waals surface area contributed by atoms with E-state index in [4.69, 9.17) is 4.74 Å². The lowest BCUT2D eigenvalue weighted by molar-refractivity contribution is -0.137. The molecule has 0 aliphatic heterocycles. The van der Waals surface area contributed by atoms with Crippen molar-refractivity contribution in [3.63, 3.8) is 0 Å². The molecule has 7 heteroatoms. The molecule has 0 aliphatic rings. The number of carbonyl (C=O) groups excluding carboxylic acids is 1. The van der Waals surface area contributed by atoms with Crippen molar-refractivity contribution in [1.82, 2.24) is 0 Å². The number of halogens is 3. The van der Waals surface area contributed by atoms with Crippen molar-refractivity contribution in [1.29, 1.82) is 0 Å². The molecular weight excluding hydrogens is 339 g/mol. The second-order valence-corrected chi connectivity index (χ2v) is 6.42. The van der Waals surface area contributed by atoms with Crippen LogP contribution >= 0.6 is 11.8 Å². The smallest absolute Gasteiger partial charge is 0.416 e. The third kappa shape index (κ3) is 4.92. The molecule has 0 saturated heterocycles. The van der Waals surface area contributed by atoms with Gasteiger partial charge >= 0.3 is 6.18 Å². The summed E-state index contributed by atoms with van der Waals surface area (Å²) in [6, 6.07) is 11.8. The highest BCUT2D eigenvalue weighted by atomic mass is 32.2. The third-order valence-corrected chi connectivity index (χ3v) is 4.27. The Morgan fingerprint density at radius 1 is 1.17 bits per heavy atom. The van der Waals surface area contributed by atoms with Gasteiger partial charge in [-0.15, -0.1) is 11.8 Å². The number of alkyl halides is 3. The Kier molecular flexibility index (Phi) is 5.77. The summed E-state index contributed by atoms with van der Waals surface area (Å²) in [5.74, 6) is 0.299. The van der Waals surface area contributed by atoms with Gasteiger partial charge in [-0.25, -0.2) is 0 Å². The van der Waals surface area contributed by atoms with Crippen LogP contribution in [0.3, 0.4) is 0 Å². The Balaban J connectivity index is 2.03. The molecule has 0 saturated carbocycles. The number of ether oxygens (including phenoxy) is 1. The molecule has 0 aromatic heterocycles. The summed E-state index contributed by atoms with van der Waals surface area (Å²) in [5, 5.41) is 2.03. The van der Waals surface area contributed by atoms with Gasteiger partial charge in [-0.05, 0) is 43.3 Å². The standard InChI is InChI=1S/C17H16F3NO2S/c1-11(24-15-8-4-7-14(10-15)23-2)16(22)21-13-6-3-5-12(9-13)17(18,19)20/h3-11H,1-2H3,(H,21,22). The summed E-state index contributed by atoms with van der Waals surface area (Å²) in [6.45, 7) is 1.69. The number of hydrogen-bond acceptors (Lipinski definition) is 3. The molecule has 1 amide bonds. The van der Waals surface area contributed by atoms with Crippen molar-refractivity contribution < 1.29 is 22.7 Å². The minimum absolute atomic E-state index is 0.118. The first kappa shape index (κ1) is 18.2. The molecule has 0 aliphatic carbocycles. The van der Waals surface area contributed by atoms with Crippen molar-refractivity contribution in [2.45, 2.75) is 23.2 Å². The molecule has 0 spiro atoms. The van der Waals surface area contributed by atoms with E-state index >= 15 is 0 Å². The van der Waals surface area contributed by atoms with Crippen molar-refractivity contribution in [3.05, 3.63) is 54.1 Å². The Labute approximate surface area is 142 Å². The summed E-state index contributed by atoms with van der Waals surface area (Å²) >= 11 is 1.30. The van der Waals surface area contributed by atoms with Crippen LogP contribution in [0.15, 0.2) is 53.4 Å². The van der Waals surface area contributed by atoms with E-state index in [2.05, 4.69) is 5.32 Å². The highest BCUT2D eigenvalue weighted by Gasteiger charge is 2.30. The van der Waals surface area contributed by atoms with E-state index in [1.165, 1.54) is 23.9 Å². The molecule has 2 aromatic carbocycles. The van der Waals surface area contributed by atoms with Gasteiger partial charge in [0.15, 0.2) is 0 Å². The molecule has 0 bridgehead atoms. The zero-order valence-electron chi connectivity index (χ0n) is 13.1. The summed E-state index contributed by atoms with van der Waals surface area (Å²) in [5.41, 5.74) is -0.679.